The second-order valence-corrected chi connectivity index (χ2v) is 2.86. The predicted octanol–water partition coefficient (Wildman–Crippen LogP) is 2.16. The molecule has 1 rings (SSSR count). The van der Waals surface area contributed by atoms with E-state index in [1.807, 2.05) is 0 Å². The number of rotatable bonds is 2. The zero-order chi connectivity index (χ0) is 12.6. The van der Waals surface area contributed by atoms with E-state index in [0.717, 1.165) is 7.11 Å². The lowest BCUT2D eigenvalue weighted by atomic mass is 9.77. The van der Waals surface area contributed by atoms with Gasteiger partial charge in [0.25, 0.3) is 0 Å². The first-order chi connectivity index (χ1) is 7.18. The molecule has 0 radical (unpaired) electrons. The van der Waals surface area contributed by atoms with Crippen LogP contribution in [0.2, 0.25) is 0 Å². The molecule has 90 valence electrons. The van der Waals surface area contributed by atoms with Gasteiger partial charge in [-0.05, 0) is 0 Å². The van der Waals surface area contributed by atoms with Crippen molar-refractivity contribution in [2.75, 3.05) is 7.11 Å². The Balaban J connectivity index is 3.51. The average Bonchev–Trinajstić information content (AvgIpc) is 2.13. The summed E-state index contributed by atoms with van der Waals surface area (Å²) in [5.41, 5.74) is -3.63. The molecule has 0 saturated heterocycles. The Bertz CT molecular complexity index is 387. The van der Waals surface area contributed by atoms with Crippen LogP contribution < -0.4 is 10.2 Å². The zero-order valence-electron chi connectivity index (χ0n) is 7.86. The van der Waals surface area contributed by atoms with Crippen LogP contribution in [0.5, 0.6) is 5.88 Å². The molecule has 1 aromatic heterocycles. The van der Waals surface area contributed by atoms with Gasteiger partial charge in [-0.2, -0.15) is 13.2 Å². The summed E-state index contributed by atoms with van der Waals surface area (Å²) in [5, 5.41) is 0. The predicted molar refractivity (Wildman–Crippen MR) is 44.5 cm³/mol. The first-order valence-corrected chi connectivity index (χ1v) is 3.98. The summed E-state index contributed by atoms with van der Waals surface area (Å²) in [6.07, 6.45) is -4.54. The molecule has 0 aromatic carbocycles. The number of alkyl halides is 3. The van der Waals surface area contributed by atoms with Crippen molar-refractivity contribution in [3.63, 3.8) is 0 Å². The lowest BCUT2D eigenvalue weighted by Gasteiger charge is -2.22. The van der Waals surface area contributed by atoms with Gasteiger partial charge >= 0.3 is 13.2 Å². The van der Waals surface area contributed by atoms with Crippen molar-refractivity contribution in [2.45, 2.75) is 6.18 Å². The summed E-state index contributed by atoms with van der Waals surface area (Å²) in [6.45, 7) is -5.77. The molecule has 0 amide bonds. The number of methoxy groups -OCH3 is 1. The average molecular weight is 244 g/mol. The van der Waals surface area contributed by atoms with E-state index in [-0.39, 0.29) is 6.07 Å². The van der Waals surface area contributed by atoms with Crippen molar-refractivity contribution in [2.24, 2.45) is 0 Å². The first kappa shape index (κ1) is 12.7. The van der Waals surface area contributed by atoms with Crippen molar-refractivity contribution in [1.29, 1.82) is 0 Å². The summed E-state index contributed by atoms with van der Waals surface area (Å²) in [6, 6.07) is 0.283. The maximum atomic E-state index is 12.4. The van der Waals surface area contributed by atoms with Gasteiger partial charge in [-0.3, -0.25) is 0 Å². The number of pyridine rings is 1. The van der Waals surface area contributed by atoms with Gasteiger partial charge in [0.05, 0.1) is 12.7 Å². The largest absolute Gasteiger partial charge is 0.510 e. The standard InChI is InChI=1S/C7H5BF6NO/c1-16-6-5(7(9,10)11)4(2-3-15-6)8(12,13)14/h2-3H,1H3/q-1. The summed E-state index contributed by atoms with van der Waals surface area (Å²) < 4.78 is 78.6. The number of hydrogen-bond acceptors (Lipinski definition) is 2. The quantitative estimate of drug-likeness (QED) is 0.587. The number of ether oxygens (including phenoxy) is 1. The molecule has 0 aliphatic rings. The van der Waals surface area contributed by atoms with Gasteiger partial charge in [0.15, 0.2) is 0 Å². The van der Waals surface area contributed by atoms with Crippen LogP contribution >= 0.6 is 0 Å². The van der Waals surface area contributed by atoms with Gasteiger partial charge < -0.3 is 17.7 Å². The summed E-state index contributed by atoms with van der Waals surface area (Å²) in [5.74, 6) is -1.08. The number of nitrogens with zero attached hydrogens (tertiary/aromatic N) is 1. The highest BCUT2D eigenvalue weighted by Gasteiger charge is 2.42. The van der Waals surface area contributed by atoms with Gasteiger partial charge in [0.2, 0.25) is 5.88 Å². The summed E-state index contributed by atoms with van der Waals surface area (Å²) in [7, 11) is 0.824. The third-order valence-corrected chi connectivity index (χ3v) is 1.78. The molecule has 0 N–H and O–H groups in total. The van der Waals surface area contributed by atoms with E-state index in [1.165, 1.54) is 0 Å². The minimum atomic E-state index is -5.77. The maximum Gasteiger partial charge on any atom is 0.510 e. The fraction of sp³-hybridized carbons (Fsp3) is 0.286. The molecular formula is C7H5BF6NO-. The van der Waals surface area contributed by atoms with Crippen molar-refractivity contribution < 1.29 is 30.9 Å². The molecule has 0 fully saturated rings. The van der Waals surface area contributed by atoms with Gasteiger partial charge in [-0.1, -0.05) is 11.5 Å². The molecule has 0 aliphatic carbocycles. The third-order valence-electron chi connectivity index (χ3n) is 1.78. The van der Waals surface area contributed by atoms with Crippen LogP contribution in [-0.4, -0.2) is 19.1 Å². The van der Waals surface area contributed by atoms with Gasteiger partial charge in [0, 0.05) is 6.20 Å². The molecule has 0 bridgehead atoms. The fourth-order valence-corrected chi connectivity index (χ4v) is 1.17. The number of halogens is 6. The smallest absolute Gasteiger partial charge is 0.481 e. The van der Waals surface area contributed by atoms with Crippen LogP contribution in [0.25, 0.3) is 0 Å². The highest BCUT2D eigenvalue weighted by Crippen LogP contribution is 2.35. The van der Waals surface area contributed by atoms with E-state index in [4.69, 9.17) is 0 Å². The van der Waals surface area contributed by atoms with E-state index >= 15 is 0 Å². The van der Waals surface area contributed by atoms with E-state index in [0.29, 0.717) is 6.20 Å². The molecule has 0 unspecified atom stereocenters. The summed E-state index contributed by atoms with van der Waals surface area (Å²) >= 11 is 0. The van der Waals surface area contributed by atoms with Crippen LogP contribution in [-0.2, 0) is 6.18 Å². The molecule has 1 aromatic rings. The Hall–Kier alpha value is -1.41. The molecular weight excluding hydrogens is 239 g/mol. The van der Waals surface area contributed by atoms with Gasteiger partial charge in [0.1, 0.15) is 0 Å². The summed E-state index contributed by atoms with van der Waals surface area (Å²) in [4.78, 5) is 3.11. The highest BCUT2D eigenvalue weighted by atomic mass is 19.4. The molecule has 0 saturated carbocycles. The number of hydrogen-bond donors (Lipinski definition) is 0. The highest BCUT2D eigenvalue weighted by molar-refractivity contribution is 6.74. The van der Waals surface area contributed by atoms with E-state index in [9.17, 15) is 26.1 Å². The molecule has 16 heavy (non-hydrogen) atoms. The molecule has 9 heteroatoms. The molecule has 1 heterocycles. The van der Waals surface area contributed by atoms with Crippen LogP contribution in [0.4, 0.5) is 26.1 Å². The molecule has 0 spiro atoms. The Morgan fingerprint density at radius 3 is 2.19 bits per heavy atom. The minimum absolute atomic E-state index is 0.283. The van der Waals surface area contributed by atoms with E-state index in [2.05, 4.69) is 9.72 Å². The Morgan fingerprint density at radius 1 is 1.25 bits per heavy atom. The first-order valence-electron chi connectivity index (χ1n) is 3.98. The Kier molecular flexibility index (Phi) is 3.07. The fourth-order valence-electron chi connectivity index (χ4n) is 1.17. The van der Waals surface area contributed by atoms with Crippen LogP contribution in [0.1, 0.15) is 5.56 Å². The van der Waals surface area contributed by atoms with Crippen LogP contribution in [0.3, 0.4) is 0 Å². The topological polar surface area (TPSA) is 22.1 Å². The zero-order valence-corrected chi connectivity index (χ0v) is 7.86. The lowest BCUT2D eigenvalue weighted by molar-refractivity contribution is -0.138. The lowest BCUT2D eigenvalue weighted by Crippen LogP contribution is -2.40. The molecule has 0 aliphatic heterocycles. The van der Waals surface area contributed by atoms with Crippen LogP contribution in [0, 0.1) is 0 Å². The van der Waals surface area contributed by atoms with E-state index in [1.54, 1.807) is 0 Å². The van der Waals surface area contributed by atoms with Crippen LogP contribution in [0.15, 0.2) is 12.3 Å². The SMILES string of the molecule is COc1nccc([B-](F)(F)F)c1C(F)(F)F. The van der Waals surface area contributed by atoms with Gasteiger partial charge in [-0.25, -0.2) is 4.98 Å². The van der Waals surface area contributed by atoms with Gasteiger partial charge in [-0.15, -0.1) is 0 Å². The Morgan fingerprint density at radius 2 is 1.81 bits per heavy atom. The second-order valence-electron chi connectivity index (χ2n) is 2.86. The van der Waals surface area contributed by atoms with Crippen molar-refractivity contribution in [1.82, 2.24) is 4.98 Å². The Labute approximate surface area is 86.3 Å². The monoisotopic (exact) mass is 244 g/mol. The third kappa shape index (κ3) is 2.39. The second kappa shape index (κ2) is 3.87. The van der Waals surface area contributed by atoms with E-state index < -0.39 is 30.1 Å². The normalized spacial score (nSPS) is 12.7. The van der Waals surface area contributed by atoms with Crippen molar-refractivity contribution >= 4 is 12.4 Å². The number of aromatic nitrogens is 1. The molecule has 0 atom stereocenters. The molecule has 2 nitrogen and oxygen atoms in total. The minimum Gasteiger partial charge on any atom is -0.481 e. The van der Waals surface area contributed by atoms with Crippen molar-refractivity contribution in [3.05, 3.63) is 17.8 Å². The maximum absolute atomic E-state index is 12.4. The van der Waals surface area contributed by atoms with Crippen molar-refractivity contribution in [3.8, 4) is 5.88 Å².